The standard InChI is InChI=1S/C19H21NO5/c1-13-10-20(17-9-16(23-2)7-8-18(17)25-13)11-14-3-5-15(6-4-14)24-12-19(21)22/h3-9,13H,10-12H2,1-2H3,(H,21,22). The number of aliphatic carboxylic acids is 1. The van der Waals surface area contributed by atoms with Crippen molar-refractivity contribution in [2.24, 2.45) is 0 Å². The minimum absolute atomic E-state index is 0.0964. The van der Waals surface area contributed by atoms with Gasteiger partial charge in [0, 0.05) is 12.6 Å². The SMILES string of the molecule is COc1ccc2c(c1)N(Cc1ccc(OCC(=O)O)cc1)CC(C)O2. The molecule has 0 aliphatic carbocycles. The summed E-state index contributed by atoms with van der Waals surface area (Å²) >= 11 is 0. The van der Waals surface area contributed by atoms with Crippen LogP contribution in [0.3, 0.4) is 0 Å². The lowest BCUT2D eigenvalue weighted by Gasteiger charge is -2.35. The summed E-state index contributed by atoms with van der Waals surface area (Å²) in [4.78, 5) is 12.8. The first-order chi connectivity index (χ1) is 12.0. The van der Waals surface area contributed by atoms with Crippen molar-refractivity contribution in [3.05, 3.63) is 48.0 Å². The number of rotatable bonds is 6. The number of carboxylic acids is 1. The second kappa shape index (κ2) is 7.34. The lowest BCUT2D eigenvalue weighted by molar-refractivity contribution is -0.139. The minimum atomic E-state index is -0.989. The molecule has 1 aliphatic rings. The normalized spacial score (nSPS) is 15.9. The van der Waals surface area contributed by atoms with Crippen molar-refractivity contribution >= 4 is 11.7 Å². The van der Waals surface area contributed by atoms with Crippen molar-refractivity contribution in [3.8, 4) is 17.2 Å². The average Bonchev–Trinajstić information content (AvgIpc) is 2.60. The lowest BCUT2D eigenvalue weighted by Crippen LogP contribution is -2.37. The topological polar surface area (TPSA) is 68.2 Å². The third-order valence-electron chi connectivity index (χ3n) is 3.97. The maximum Gasteiger partial charge on any atom is 0.341 e. The molecule has 0 bridgehead atoms. The van der Waals surface area contributed by atoms with Gasteiger partial charge in [-0.05, 0) is 36.8 Å². The van der Waals surface area contributed by atoms with Gasteiger partial charge in [-0.1, -0.05) is 12.1 Å². The molecule has 0 saturated heterocycles. The molecule has 1 unspecified atom stereocenters. The number of methoxy groups -OCH3 is 1. The van der Waals surface area contributed by atoms with E-state index in [0.29, 0.717) is 12.3 Å². The van der Waals surface area contributed by atoms with E-state index < -0.39 is 5.97 Å². The van der Waals surface area contributed by atoms with Gasteiger partial charge in [-0.15, -0.1) is 0 Å². The molecule has 0 amide bonds. The Bertz CT molecular complexity index is 744. The van der Waals surface area contributed by atoms with Crippen molar-refractivity contribution in [2.75, 3.05) is 25.2 Å². The van der Waals surface area contributed by atoms with Crippen molar-refractivity contribution in [1.82, 2.24) is 0 Å². The molecule has 6 nitrogen and oxygen atoms in total. The van der Waals surface area contributed by atoms with Crippen LogP contribution in [0, 0.1) is 0 Å². The largest absolute Gasteiger partial charge is 0.497 e. The summed E-state index contributed by atoms with van der Waals surface area (Å²) in [6.07, 6.45) is 0.0964. The van der Waals surface area contributed by atoms with E-state index in [1.165, 1.54) is 0 Å². The van der Waals surface area contributed by atoms with Crippen LogP contribution in [0.25, 0.3) is 0 Å². The van der Waals surface area contributed by atoms with E-state index in [4.69, 9.17) is 19.3 Å². The first kappa shape index (κ1) is 17.0. The van der Waals surface area contributed by atoms with E-state index in [-0.39, 0.29) is 12.7 Å². The molecule has 1 N–H and O–H groups in total. The summed E-state index contributed by atoms with van der Waals surface area (Å²) in [5.74, 6) is 1.20. The maximum atomic E-state index is 10.5. The number of hydrogen-bond acceptors (Lipinski definition) is 5. The number of benzene rings is 2. The van der Waals surface area contributed by atoms with Crippen LogP contribution in [0.1, 0.15) is 12.5 Å². The van der Waals surface area contributed by atoms with Gasteiger partial charge in [0.15, 0.2) is 6.61 Å². The fourth-order valence-corrected chi connectivity index (χ4v) is 2.84. The zero-order valence-corrected chi connectivity index (χ0v) is 14.3. The van der Waals surface area contributed by atoms with Gasteiger partial charge in [0.2, 0.25) is 0 Å². The molecule has 1 atom stereocenters. The van der Waals surface area contributed by atoms with Crippen LogP contribution in [-0.2, 0) is 11.3 Å². The Kier molecular flexibility index (Phi) is 4.97. The Morgan fingerprint density at radius 2 is 1.96 bits per heavy atom. The molecule has 0 saturated carbocycles. The second-order valence-corrected chi connectivity index (χ2v) is 5.97. The number of fused-ring (bicyclic) bond motifs is 1. The molecule has 2 aromatic carbocycles. The summed E-state index contributed by atoms with van der Waals surface area (Å²) < 4.78 is 16.4. The smallest absolute Gasteiger partial charge is 0.341 e. The molecular weight excluding hydrogens is 322 g/mol. The van der Waals surface area contributed by atoms with Crippen LogP contribution in [0.15, 0.2) is 42.5 Å². The number of nitrogens with zero attached hydrogens (tertiary/aromatic N) is 1. The molecule has 25 heavy (non-hydrogen) atoms. The Morgan fingerprint density at radius 3 is 2.64 bits per heavy atom. The van der Waals surface area contributed by atoms with Gasteiger partial charge in [-0.25, -0.2) is 4.79 Å². The molecule has 0 fully saturated rings. The molecule has 3 rings (SSSR count). The third kappa shape index (κ3) is 4.15. The summed E-state index contributed by atoms with van der Waals surface area (Å²) in [6.45, 7) is 3.20. The van der Waals surface area contributed by atoms with Crippen molar-refractivity contribution in [3.63, 3.8) is 0 Å². The summed E-state index contributed by atoms with van der Waals surface area (Å²) in [5, 5.41) is 8.65. The molecule has 1 heterocycles. The van der Waals surface area contributed by atoms with Crippen LogP contribution in [0.2, 0.25) is 0 Å². The summed E-state index contributed by atoms with van der Waals surface area (Å²) in [6, 6.07) is 13.3. The van der Waals surface area contributed by atoms with Gasteiger partial charge in [0.05, 0.1) is 19.3 Å². The van der Waals surface area contributed by atoms with E-state index in [0.717, 1.165) is 29.3 Å². The molecule has 0 aromatic heterocycles. The van der Waals surface area contributed by atoms with Gasteiger partial charge < -0.3 is 24.2 Å². The van der Waals surface area contributed by atoms with Crippen molar-refractivity contribution in [2.45, 2.75) is 19.6 Å². The number of carboxylic acid groups (broad SMARTS) is 1. The van der Waals surface area contributed by atoms with Crippen LogP contribution in [-0.4, -0.2) is 37.4 Å². The fraction of sp³-hybridized carbons (Fsp3) is 0.316. The van der Waals surface area contributed by atoms with E-state index in [1.54, 1.807) is 19.2 Å². The predicted octanol–water partition coefficient (Wildman–Crippen LogP) is 2.95. The van der Waals surface area contributed by atoms with Gasteiger partial charge in [-0.2, -0.15) is 0 Å². The first-order valence-corrected chi connectivity index (χ1v) is 8.08. The van der Waals surface area contributed by atoms with Crippen LogP contribution >= 0.6 is 0 Å². The predicted molar refractivity (Wildman–Crippen MR) is 93.7 cm³/mol. The Morgan fingerprint density at radius 1 is 1.24 bits per heavy atom. The van der Waals surface area contributed by atoms with E-state index >= 15 is 0 Å². The fourth-order valence-electron chi connectivity index (χ4n) is 2.84. The summed E-state index contributed by atoms with van der Waals surface area (Å²) in [5.41, 5.74) is 2.11. The zero-order chi connectivity index (χ0) is 17.8. The average molecular weight is 343 g/mol. The number of hydrogen-bond donors (Lipinski definition) is 1. The summed E-state index contributed by atoms with van der Waals surface area (Å²) in [7, 11) is 1.65. The Balaban J connectivity index is 1.75. The monoisotopic (exact) mass is 343 g/mol. The molecule has 1 aliphatic heterocycles. The van der Waals surface area contributed by atoms with Crippen molar-refractivity contribution < 1.29 is 24.1 Å². The van der Waals surface area contributed by atoms with Crippen LogP contribution in [0.5, 0.6) is 17.2 Å². The molecule has 0 radical (unpaired) electrons. The highest BCUT2D eigenvalue weighted by Crippen LogP contribution is 2.37. The Labute approximate surface area is 146 Å². The molecule has 0 spiro atoms. The van der Waals surface area contributed by atoms with E-state index in [9.17, 15) is 4.79 Å². The third-order valence-corrected chi connectivity index (χ3v) is 3.97. The highest BCUT2D eigenvalue weighted by Gasteiger charge is 2.23. The van der Waals surface area contributed by atoms with Crippen LogP contribution < -0.4 is 19.1 Å². The van der Waals surface area contributed by atoms with E-state index in [1.807, 2.05) is 37.3 Å². The molecular formula is C19H21NO5. The van der Waals surface area contributed by atoms with Crippen LogP contribution in [0.4, 0.5) is 5.69 Å². The highest BCUT2D eigenvalue weighted by molar-refractivity contribution is 5.68. The van der Waals surface area contributed by atoms with Crippen molar-refractivity contribution in [1.29, 1.82) is 0 Å². The van der Waals surface area contributed by atoms with Gasteiger partial charge in [-0.3, -0.25) is 0 Å². The maximum absolute atomic E-state index is 10.5. The number of anilines is 1. The molecule has 132 valence electrons. The second-order valence-electron chi connectivity index (χ2n) is 5.97. The minimum Gasteiger partial charge on any atom is -0.497 e. The molecule has 2 aromatic rings. The van der Waals surface area contributed by atoms with Gasteiger partial charge in [0.1, 0.15) is 23.4 Å². The Hall–Kier alpha value is -2.89. The van der Waals surface area contributed by atoms with Gasteiger partial charge >= 0.3 is 5.97 Å². The quantitative estimate of drug-likeness (QED) is 0.870. The van der Waals surface area contributed by atoms with E-state index in [2.05, 4.69) is 4.90 Å². The lowest BCUT2D eigenvalue weighted by atomic mass is 10.1. The number of carbonyl (C=O) groups is 1. The first-order valence-electron chi connectivity index (χ1n) is 8.08. The van der Waals surface area contributed by atoms with Gasteiger partial charge in [0.25, 0.3) is 0 Å². The highest BCUT2D eigenvalue weighted by atomic mass is 16.5. The number of ether oxygens (including phenoxy) is 3. The zero-order valence-electron chi connectivity index (χ0n) is 14.3. The molecule has 6 heteroatoms.